The summed E-state index contributed by atoms with van der Waals surface area (Å²) in [6.45, 7) is 5.48. The lowest BCUT2D eigenvalue weighted by molar-refractivity contribution is -0.136. The van der Waals surface area contributed by atoms with Crippen LogP contribution < -0.4 is 5.32 Å². The molecule has 0 unspecified atom stereocenters. The second-order valence-corrected chi connectivity index (χ2v) is 5.74. The van der Waals surface area contributed by atoms with Gasteiger partial charge in [0.1, 0.15) is 5.60 Å². The van der Waals surface area contributed by atoms with Gasteiger partial charge in [-0.15, -0.1) is 0 Å². The zero-order valence-corrected chi connectivity index (χ0v) is 11.2. The van der Waals surface area contributed by atoms with Crippen molar-refractivity contribution in [3.63, 3.8) is 0 Å². The molecule has 1 aliphatic carbocycles. The zero-order valence-electron chi connectivity index (χ0n) is 11.2. The van der Waals surface area contributed by atoms with Gasteiger partial charge in [0, 0.05) is 26.1 Å². The Morgan fingerprint density at radius 2 is 1.76 bits per heavy atom. The summed E-state index contributed by atoms with van der Waals surface area (Å²) in [6.07, 6.45) is 1.00. The van der Waals surface area contributed by atoms with Gasteiger partial charge < -0.3 is 15.0 Å². The van der Waals surface area contributed by atoms with Crippen LogP contribution in [0.4, 0.5) is 4.79 Å². The molecular formula is C12H22N2O3. The van der Waals surface area contributed by atoms with E-state index in [1.54, 1.807) is 19.0 Å². The van der Waals surface area contributed by atoms with Crippen LogP contribution in [0, 0.1) is 5.92 Å². The lowest BCUT2D eigenvalue weighted by Crippen LogP contribution is -2.50. The van der Waals surface area contributed by atoms with Crippen molar-refractivity contribution in [2.45, 2.75) is 45.3 Å². The summed E-state index contributed by atoms with van der Waals surface area (Å²) in [4.78, 5) is 24.6. The summed E-state index contributed by atoms with van der Waals surface area (Å²) < 4.78 is 5.14. The third-order valence-electron chi connectivity index (χ3n) is 2.65. The van der Waals surface area contributed by atoms with E-state index in [4.69, 9.17) is 4.74 Å². The van der Waals surface area contributed by atoms with Gasteiger partial charge in [0.25, 0.3) is 0 Å². The molecule has 0 bridgehead atoms. The molecule has 0 aromatic carbocycles. The highest BCUT2D eigenvalue weighted by Crippen LogP contribution is 2.28. The van der Waals surface area contributed by atoms with E-state index in [9.17, 15) is 9.59 Å². The Hall–Kier alpha value is -1.26. The fourth-order valence-electron chi connectivity index (χ4n) is 1.78. The van der Waals surface area contributed by atoms with Crippen molar-refractivity contribution in [3.8, 4) is 0 Å². The van der Waals surface area contributed by atoms with E-state index in [1.165, 1.54) is 0 Å². The number of nitrogens with zero attached hydrogens (tertiary/aromatic N) is 1. The number of amides is 2. The van der Waals surface area contributed by atoms with Crippen LogP contribution in [-0.2, 0) is 9.53 Å². The van der Waals surface area contributed by atoms with Crippen LogP contribution in [0.2, 0.25) is 0 Å². The van der Waals surface area contributed by atoms with Gasteiger partial charge in [-0.2, -0.15) is 0 Å². The molecule has 1 fully saturated rings. The molecule has 98 valence electrons. The van der Waals surface area contributed by atoms with E-state index < -0.39 is 11.7 Å². The molecule has 5 nitrogen and oxygen atoms in total. The van der Waals surface area contributed by atoms with Gasteiger partial charge in [0.2, 0.25) is 5.91 Å². The standard InChI is InChI=1S/C12H22N2O3/c1-12(2,3)17-11(16)13-9-6-8(7-9)10(15)14(4)5/h8-9H,6-7H2,1-5H3,(H,13,16)/t8-,9-. The number of hydrogen-bond donors (Lipinski definition) is 1. The summed E-state index contributed by atoms with van der Waals surface area (Å²) in [5.41, 5.74) is -0.479. The van der Waals surface area contributed by atoms with Crippen LogP contribution in [0.1, 0.15) is 33.6 Å². The van der Waals surface area contributed by atoms with E-state index >= 15 is 0 Å². The molecule has 0 radical (unpaired) electrons. The van der Waals surface area contributed by atoms with Crippen molar-refractivity contribution in [2.24, 2.45) is 5.92 Å². The summed E-state index contributed by atoms with van der Waals surface area (Å²) in [6, 6.07) is 0.0683. The van der Waals surface area contributed by atoms with Crippen LogP contribution in [0.25, 0.3) is 0 Å². The van der Waals surface area contributed by atoms with Crippen molar-refractivity contribution in [2.75, 3.05) is 14.1 Å². The van der Waals surface area contributed by atoms with Gasteiger partial charge in [0.15, 0.2) is 0 Å². The molecule has 0 heterocycles. The van der Waals surface area contributed by atoms with Crippen LogP contribution >= 0.6 is 0 Å². The van der Waals surface area contributed by atoms with Crippen LogP contribution in [0.3, 0.4) is 0 Å². The molecule has 5 heteroatoms. The number of alkyl carbamates (subject to hydrolysis) is 1. The number of rotatable bonds is 2. The number of carbonyl (C=O) groups is 2. The van der Waals surface area contributed by atoms with Crippen LogP contribution in [0.15, 0.2) is 0 Å². The molecule has 17 heavy (non-hydrogen) atoms. The second kappa shape index (κ2) is 4.94. The molecule has 0 aromatic heterocycles. The van der Waals surface area contributed by atoms with Crippen LogP contribution in [-0.4, -0.2) is 42.6 Å². The fraction of sp³-hybridized carbons (Fsp3) is 0.833. The van der Waals surface area contributed by atoms with E-state index in [0.717, 1.165) is 0 Å². The summed E-state index contributed by atoms with van der Waals surface area (Å²) >= 11 is 0. The molecule has 1 saturated carbocycles. The van der Waals surface area contributed by atoms with Gasteiger partial charge >= 0.3 is 6.09 Å². The quantitative estimate of drug-likeness (QED) is 0.795. The van der Waals surface area contributed by atoms with Crippen molar-refractivity contribution in [1.82, 2.24) is 10.2 Å². The fourth-order valence-corrected chi connectivity index (χ4v) is 1.78. The zero-order chi connectivity index (χ0) is 13.2. The summed E-state index contributed by atoms with van der Waals surface area (Å²) in [7, 11) is 3.49. The first kappa shape index (κ1) is 13.8. The maximum absolute atomic E-state index is 11.6. The highest BCUT2D eigenvalue weighted by Gasteiger charge is 2.36. The number of nitrogens with one attached hydrogen (secondary N) is 1. The second-order valence-electron chi connectivity index (χ2n) is 5.74. The highest BCUT2D eigenvalue weighted by molar-refractivity contribution is 5.79. The first-order valence-electron chi connectivity index (χ1n) is 5.89. The predicted octanol–water partition coefficient (Wildman–Crippen LogP) is 1.38. The Labute approximate surface area is 102 Å². The first-order chi connectivity index (χ1) is 7.69. The van der Waals surface area contributed by atoms with Crippen LogP contribution in [0.5, 0.6) is 0 Å². The van der Waals surface area contributed by atoms with Crippen molar-refractivity contribution >= 4 is 12.0 Å². The van der Waals surface area contributed by atoms with Gasteiger partial charge in [-0.3, -0.25) is 4.79 Å². The van der Waals surface area contributed by atoms with Crippen molar-refractivity contribution < 1.29 is 14.3 Å². The van der Waals surface area contributed by atoms with Crippen molar-refractivity contribution in [3.05, 3.63) is 0 Å². The number of carbonyl (C=O) groups excluding carboxylic acids is 2. The van der Waals surface area contributed by atoms with E-state index in [-0.39, 0.29) is 17.9 Å². The Balaban J connectivity index is 2.26. The average molecular weight is 242 g/mol. The largest absolute Gasteiger partial charge is 0.444 e. The Morgan fingerprint density at radius 1 is 1.24 bits per heavy atom. The minimum Gasteiger partial charge on any atom is -0.444 e. The normalized spacial score (nSPS) is 23.6. The Bertz CT molecular complexity index is 301. The summed E-state index contributed by atoms with van der Waals surface area (Å²) in [5.74, 6) is 0.178. The lowest BCUT2D eigenvalue weighted by atomic mass is 9.79. The average Bonchev–Trinajstić information content (AvgIpc) is 2.06. The third kappa shape index (κ3) is 4.24. The first-order valence-corrected chi connectivity index (χ1v) is 5.89. The molecular weight excluding hydrogens is 220 g/mol. The third-order valence-corrected chi connectivity index (χ3v) is 2.65. The maximum Gasteiger partial charge on any atom is 0.407 e. The van der Waals surface area contributed by atoms with Crippen molar-refractivity contribution in [1.29, 1.82) is 0 Å². The van der Waals surface area contributed by atoms with E-state index in [2.05, 4.69) is 5.32 Å². The smallest absolute Gasteiger partial charge is 0.407 e. The molecule has 2 amide bonds. The van der Waals surface area contributed by atoms with Gasteiger partial charge in [0.05, 0.1) is 0 Å². The molecule has 0 spiro atoms. The number of ether oxygens (including phenoxy) is 1. The van der Waals surface area contributed by atoms with E-state index in [1.807, 2.05) is 20.8 Å². The SMILES string of the molecule is CN(C)C(=O)[C@H]1C[C@H](NC(=O)OC(C)(C)C)C1. The topological polar surface area (TPSA) is 58.6 Å². The van der Waals surface area contributed by atoms with Gasteiger partial charge in [-0.1, -0.05) is 0 Å². The van der Waals surface area contributed by atoms with Gasteiger partial charge in [-0.25, -0.2) is 4.79 Å². The molecule has 0 aliphatic heterocycles. The van der Waals surface area contributed by atoms with E-state index in [0.29, 0.717) is 12.8 Å². The molecule has 1 rings (SSSR count). The minimum atomic E-state index is -0.479. The molecule has 1 N–H and O–H groups in total. The minimum absolute atomic E-state index is 0.0462. The molecule has 0 atom stereocenters. The lowest BCUT2D eigenvalue weighted by Gasteiger charge is -2.36. The Kier molecular flexibility index (Phi) is 4.01. The molecule has 1 aliphatic rings. The molecule has 0 saturated heterocycles. The van der Waals surface area contributed by atoms with Gasteiger partial charge in [-0.05, 0) is 33.6 Å². The summed E-state index contributed by atoms with van der Waals surface area (Å²) in [5, 5.41) is 2.76. The molecule has 0 aromatic rings. The monoisotopic (exact) mass is 242 g/mol. The predicted molar refractivity (Wildman–Crippen MR) is 64.6 cm³/mol. The Morgan fingerprint density at radius 3 is 2.18 bits per heavy atom. The maximum atomic E-state index is 11.6. The highest BCUT2D eigenvalue weighted by atomic mass is 16.6. The number of hydrogen-bond acceptors (Lipinski definition) is 3.